The van der Waals surface area contributed by atoms with Gasteiger partial charge in [0.2, 0.25) is 0 Å². The lowest BCUT2D eigenvalue weighted by molar-refractivity contribution is 0.366. The van der Waals surface area contributed by atoms with E-state index in [2.05, 4.69) is 45.1 Å². The van der Waals surface area contributed by atoms with Gasteiger partial charge in [0.1, 0.15) is 5.75 Å². The first-order valence-electron chi connectivity index (χ1n) is 6.99. The number of rotatable bonds is 7. The SMILES string of the molecule is COc1c(C)cc(C)cc1CCNC(C)(C)CCN. The second kappa shape index (κ2) is 6.92. The van der Waals surface area contributed by atoms with E-state index in [4.69, 9.17) is 10.5 Å². The molecule has 0 fully saturated rings. The number of methoxy groups -OCH3 is 1. The summed E-state index contributed by atoms with van der Waals surface area (Å²) in [6, 6.07) is 4.37. The predicted molar refractivity (Wildman–Crippen MR) is 81.9 cm³/mol. The van der Waals surface area contributed by atoms with Gasteiger partial charge in [-0.2, -0.15) is 0 Å². The minimum atomic E-state index is 0.0981. The third kappa shape index (κ3) is 4.84. The molecule has 1 aromatic carbocycles. The highest BCUT2D eigenvalue weighted by molar-refractivity contribution is 5.43. The van der Waals surface area contributed by atoms with Crippen LogP contribution in [0, 0.1) is 13.8 Å². The van der Waals surface area contributed by atoms with E-state index in [1.54, 1.807) is 7.11 Å². The Balaban J connectivity index is 2.67. The Bertz CT molecular complexity index is 413. The summed E-state index contributed by atoms with van der Waals surface area (Å²) in [6.07, 6.45) is 1.96. The van der Waals surface area contributed by atoms with E-state index in [0.717, 1.165) is 25.1 Å². The maximum Gasteiger partial charge on any atom is 0.125 e. The minimum Gasteiger partial charge on any atom is -0.496 e. The van der Waals surface area contributed by atoms with Crippen LogP contribution in [-0.4, -0.2) is 25.7 Å². The van der Waals surface area contributed by atoms with Crippen molar-refractivity contribution in [2.45, 2.75) is 46.1 Å². The monoisotopic (exact) mass is 264 g/mol. The van der Waals surface area contributed by atoms with Gasteiger partial charge in [-0.1, -0.05) is 17.7 Å². The van der Waals surface area contributed by atoms with Crippen molar-refractivity contribution >= 4 is 0 Å². The van der Waals surface area contributed by atoms with Gasteiger partial charge >= 0.3 is 0 Å². The first kappa shape index (κ1) is 16.0. The Morgan fingerprint density at radius 1 is 1.26 bits per heavy atom. The molecule has 0 aliphatic heterocycles. The fraction of sp³-hybridized carbons (Fsp3) is 0.625. The number of nitrogens with one attached hydrogen (secondary N) is 1. The lowest BCUT2D eigenvalue weighted by atomic mass is 9.99. The summed E-state index contributed by atoms with van der Waals surface area (Å²) >= 11 is 0. The zero-order valence-electron chi connectivity index (χ0n) is 13.0. The van der Waals surface area contributed by atoms with Crippen molar-refractivity contribution < 1.29 is 4.74 Å². The highest BCUT2D eigenvalue weighted by atomic mass is 16.5. The molecule has 0 bridgehead atoms. The van der Waals surface area contributed by atoms with Crippen molar-refractivity contribution in [2.75, 3.05) is 20.2 Å². The predicted octanol–water partition coefficient (Wildman–Crippen LogP) is 2.57. The van der Waals surface area contributed by atoms with Crippen molar-refractivity contribution in [2.24, 2.45) is 5.73 Å². The van der Waals surface area contributed by atoms with Gasteiger partial charge in [0.25, 0.3) is 0 Å². The van der Waals surface area contributed by atoms with Crippen LogP contribution in [0.25, 0.3) is 0 Å². The van der Waals surface area contributed by atoms with E-state index in [-0.39, 0.29) is 5.54 Å². The molecule has 108 valence electrons. The van der Waals surface area contributed by atoms with E-state index in [9.17, 15) is 0 Å². The van der Waals surface area contributed by atoms with Crippen LogP contribution in [0.3, 0.4) is 0 Å². The van der Waals surface area contributed by atoms with Crippen LogP contribution in [0.2, 0.25) is 0 Å². The fourth-order valence-corrected chi connectivity index (χ4v) is 2.50. The van der Waals surface area contributed by atoms with Crippen LogP contribution in [-0.2, 0) is 6.42 Å². The Labute approximate surface area is 117 Å². The van der Waals surface area contributed by atoms with Gasteiger partial charge in [0.05, 0.1) is 7.11 Å². The van der Waals surface area contributed by atoms with E-state index in [0.29, 0.717) is 6.54 Å². The smallest absolute Gasteiger partial charge is 0.125 e. The molecule has 0 aliphatic carbocycles. The van der Waals surface area contributed by atoms with Crippen molar-refractivity contribution in [3.63, 3.8) is 0 Å². The van der Waals surface area contributed by atoms with Crippen LogP contribution < -0.4 is 15.8 Å². The van der Waals surface area contributed by atoms with Gasteiger partial charge in [0, 0.05) is 5.54 Å². The lowest BCUT2D eigenvalue weighted by Crippen LogP contribution is -2.42. The Hall–Kier alpha value is -1.06. The van der Waals surface area contributed by atoms with E-state index in [1.807, 2.05) is 0 Å². The third-order valence-electron chi connectivity index (χ3n) is 3.47. The maximum atomic E-state index is 5.62. The number of hydrogen-bond acceptors (Lipinski definition) is 3. The second-order valence-electron chi connectivity index (χ2n) is 5.87. The highest BCUT2D eigenvalue weighted by Crippen LogP contribution is 2.25. The highest BCUT2D eigenvalue weighted by Gasteiger charge is 2.15. The molecule has 0 aromatic heterocycles. The Morgan fingerprint density at radius 2 is 1.95 bits per heavy atom. The van der Waals surface area contributed by atoms with Crippen molar-refractivity contribution in [3.05, 3.63) is 28.8 Å². The quantitative estimate of drug-likeness (QED) is 0.795. The number of nitrogens with two attached hydrogens (primary N) is 1. The van der Waals surface area contributed by atoms with Crippen molar-refractivity contribution in [3.8, 4) is 5.75 Å². The summed E-state index contributed by atoms with van der Waals surface area (Å²) in [6.45, 7) is 10.3. The van der Waals surface area contributed by atoms with Gasteiger partial charge in [-0.25, -0.2) is 0 Å². The van der Waals surface area contributed by atoms with Crippen LogP contribution in [0.15, 0.2) is 12.1 Å². The average Bonchev–Trinajstić information content (AvgIpc) is 2.28. The molecular formula is C16H28N2O. The summed E-state index contributed by atoms with van der Waals surface area (Å²) in [5.41, 5.74) is 9.49. The summed E-state index contributed by atoms with van der Waals surface area (Å²) < 4.78 is 5.51. The van der Waals surface area contributed by atoms with Gasteiger partial charge in [-0.15, -0.1) is 0 Å². The first-order chi connectivity index (χ1) is 8.89. The van der Waals surface area contributed by atoms with E-state index < -0.39 is 0 Å². The summed E-state index contributed by atoms with van der Waals surface area (Å²) in [7, 11) is 1.74. The molecule has 0 radical (unpaired) electrons. The summed E-state index contributed by atoms with van der Waals surface area (Å²) in [5.74, 6) is 1.02. The molecular weight excluding hydrogens is 236 g/mol. The Morgan fingerprint density at radius 3 is 2.53 bits per heavy atom. The van der Waals surface area contributed by atoms with Crippen molar-refractivity contribution in [1.82, 2.24) is 5.32 Å². The molecule has 0 unspecified atom stereocenters. The number of aryl methyl sites for hydroxylation is 2. The van der Waals surface area contributed by atoms with Crippen LogP contribution in [0.5, 0.6) is 5.75 Å². The maximum absolute atomic E-state index is 5.62. The molecule has 1 aromatic rings. The van der Waals surface area contributed by atoms with E-state index in [1.165, 1.54) is 16.7 Å². The minimum absolute atomic E-state index is 0.0981. The molecule has 0 saturated heterocycles. The molecule has 3 nitrogen and oxygen atoms in total. The number of hydrogen-bond donors (Lipinski definition) is 2. The summed E-state index contributed by atoms with van der Waals surface area (Å²) in [4.78, 5) is 0. The first-order valence-corrected chi connectivity index (χ1v) is 6.99. The molecule has 0 heterocycles. The molecule has 0 amide bonds. The zero-order chi connectivity index (χ0) is 14.5. The normalized spacial score (nSPS) is 11.7. The number of benzene rings is 1. The fourth-order valence-electron chi connectivity index (χ4n) is 2.50. The van der Waals surface area contributed by atoms with Gasteiger partial charge in [-0.3, -0.25) is 0 Å². The Kier molecular flexibility index (Phi) is 5.83. The molecule has 1 rings (SSSR count). The van der Waals surface area contributed by atoms with Gasteiger partial charge < -0.3 is 15.8 Å². The van der Waals surface area contributed by atoms with Crippen LogP contribution in [0.4, 0.5) is 0 Å². The number of ether oxygens (including phenoxy) is 1. The molecule has 0 spiro atoms. The van der Waals surface area contributed by atoms with Crippen LogP contribution in [0.1, 0.15) is 37.0 Å². The van der Waals surface area contributed by atoms with Gasteiger partial charge in [0.15, 0.2) is 0 Å². The second-order valence-corrected chi connectivity index (χ2v) is 5.87. The molecule has 0 atom stereocenters. The molecule has 3 N–H and O–H groups in total. The molecule has 19 heavy (non-hydrogen) atoms. The average molecular weight is 264 g/mol. The summed E-state index contributed by atoms with van der Waals surface area (Å²) in [5, 5.41) is 3.56. The van der Waals surface area contributed by atoms with E-state index >= 15 is 0 Å². The largest absolute Gasteiger partial charge is 0.496 e. The topological polar surface area (TPSA) is 47.3 Å². The molecule has 0 saturated carbocycles. The lowest BCUT2D eigenvalue weighted by Gasteiger charge is -2.26. The van der Waals surface area contributed by atoms with Crippen molar-refractivity contribution in [1.29, 1.82) is 0 Å². The molecule has 3 heteroatoms. The standard InChI is InChI=1S/C16H28N2O/c1-12-10-13(2)15(19-5)14(11-12)6-9-18-16(3,4)7-8-17/h10-11,18H,6-9,17H2,1-5H3. The molecule has 0 aliphatic rings. The van der Waals surface area contributed by atoms with Gasteiger partial charge in [-0.05, 0) is 64.8 Å². The zero-order valence-corrected chi connectivity index (χ0v) is 13.0. The van der Waals surface area contributed by atoms with Crippen LogP contribution >= 0.6 is 0 Å². The third-order valence-corrected chi connectivity index (χ3v) is 3.47.